The third kappa shape index (κ3) is 3.61. The Kier molecular flexibility index (Phi) is 4.76. The Balaban J connectivity index is 1.50. The maximum absolute atomic E-state index is 12.2. The zero-order valence-corrected chi connectivity index (χ0v) is 12.9. The van der Waals surface area contributed by atoms with E-state index < -0.39 is 12.2 Å². The van der Waals surface area contributed by atoms with Crippen molar-refractivity contribution in [3.8, 4) is 0 Å². The first kappa shape index (κ1) is 15.7. The van der Waals surface area contributed by atoms with Crippen molar-refractivity contribution in [1.29, 1.82) is 0 Å². The van der Waals surface area contributed by atoms with Gasteiger partial charge in [0.05, 0.1) is 18.3 Å². The van der Waals surface area contributed by atoms with Crippen LogP contribution in [0.25, 0.3) is 0 Å². The summed E-state index contributed by atoms with van der Waals surface area (Å²) in [4.78, 5) is 31.0. The molecule has 1 N–H and O–H groups in total. The van der Waals surface area contributed by atoms with Crippen molar-refractivity contribution < 1.29 is 19.4 Å². The normalized spacial score (nSPS) is 20.5. The van der Waals surface area contributed by atoms with Crippen molar-refractivity contribution in [3.63, 3.8) is 0 Å². The predicted molar refractivity (Wildman–Crippen MR) is 81.4 cm³/mol. The van der Waals surface area contributed by atoms with Crippen LogP contribution in [0.5, 0.6) is 0 Å². The summed E-state index contributed by atoms with van der Waals surface area (Å²) < 4.78 is 4.83. The largest absolute Gasteiger partial charge is 0.448 e. The maximum atomic E-state index is 12.2. The zero-order chi connectivity index (χ0) is 16.2. The molecule has 2 fully saturated rings. The smallest absolute Gasteiger partial charge is 0.410 e. The molecule has 1 aromatic heterocycles. The first-order chi connectivity index (χ1) is 11.1. The van der Waals surface area contributed by atoms with Crippen LogP contribution in [-0.2, 0) is 9.53 Å². The number of amides is 2. The molecule has 1 atom stereocenters. The summed E-state index contributed by atoms with van der Waals surface area (Å²) in [5, 5.41) is 10.4. The quantitative estimate of drug-likeness (QED) is 0.888. The van der Waals surface area contributed by atoms with E-state index in [4.69, 9.17) is 4.74 Å². The summed E-state index contributed by atoms with van der Waals surface area (Å²) in [5.41, 5.74) is 0.678. The minimum Gasteiger partial charge on any atom is -0.448 e. The summed E-state index contributed by atoms with van der Waals surface area (Å²) in [6.45, 7) is 2.09. The number of likely N-dealkylation sites (tertiary alicyclic amines) is 1. The van der Waals surface area contributed by atoms with E-state index in [1.165, 1.54) is 4.90 Å². The molecule has 0 aromatic carbocycles. The van der Waals surface area contributed by atoms with E-state index >= 15 is 0 Å². The first-order valence-electron chi connectivity index (χ1n) is 7.93. The van der Waals surface area contributed by atoms with E-state index in [-0.39, 0.29) is 18.4 Å². The molecule has 1 unspecified atom stereocenters. The molecule has 0 radical (unpaired) electrons. The van der Waals surface area contributed by atoms with Gasteiger partial charge in [0.15, 0.2) is 0 Å². The number of carbonyl (C=O) groups is 2. The van der Waals surface area contributed by atoms with Gasteiger partial charge in [0, 0.05) is 19.3 Å². The van der Waals surface area contributed by atoms with Gasteiger partial charge in [-0.05, 0) is 30.9 Å². The number of nitrogens with zero attached hydrogens (tertiary/aromatic N) is 3. The molecular weight excluding hydrogens is 298 g/mol. The summed E-state index contributed by atoms with van der Waals surface area (Å²) in [6, 6.07) is 5.50. The molecule has 3 rings (SSSR count). The SMILES string of the molecule is O=C(CN1CCOC1=O)N1CCC(C(O)c2ccccn2)CC1. The molecule has 7 heteroatoms. The molecule has 2 amide bonds. The minimum atomic E-state index is -0.595. The van der Waals surface area contributed by atoms with E-state index in [0.29, 0.717) is 31.9 Å². The Morgan fingerprint density at radius 3 is 2.74 bits per heavy atom. The second kappa shape index (κ2) is 6.95. The average molecular weight is 319 g/mol. The van der Waals surface area contributed by atoms with Crippen LogP contribution in [-0.4, -0.2) is 64.7 Å². The first-order valence-corrected chi connectivity index (χ1v) is 7.93. The molecule has 2 saturated heterocycles. The highest BCUT2D eigenvalue weighted by Gasteiger charge is 2.31. The number of aromatic nitrogens is 1. The van der Waals surface area contributed by atoms with Crippen LogP contribution in [0, 0.1) is 5.92 Å². The third-order valence-electron chi connectivity index (χ3n) is 4.50. The van der Waals surface area contributed by atoms with Gasteiger partial charge in [0.25, 0.3) is 0 Å². The van der Waals surface area contributed by atoms with Crippen molar-refractivity contribution in [1.82, 2.24) is 14.8 Å². The minimum absolute atomic E-state index is 0.0605. The predicted octanol–water partition coefficient (Wildman–Crippen LogP) is 0.806. The number of ether oxygens (including phenoxy) is 1. The lowest BCUT2D eigenvalue weighted by Gasteiger charge is -2.34. The van der Waals surface area contributed by atoms with E-state index in [1.54, 1.807) is 11.1 Å². The van der Waals surface area contributed by atoms with E-state index in [0.717, 1.165) is 12.8 Å². The highest BCUT2D eigenvalue weighted by atomic mass is 16.6. The van der Waals surface area contributed by atoms with Gasteiger partial charge in [-0.2, -0.15) is 0 Å². The van der Waals surface area contributed by atoms with Crippen LogP contribution in [0.4, 0.5) is 4.79 Å². The van der Waals surface area contributed by atoms with E-state index in [1.807, 2.05) is 18.2 Å². The van der Waals surface area contributed by atoms with Gasteiger partial charge in [-0.3, -0.25) is 14.7 Å². The third-order valence-corrected chi connectivity index (χ3v) is 4.50. The van der Waals surface area contributed by atoms with Crippen LogP contribution >= 0.6 is 0 Å². The average Bonchev–Trinajstić information content (AvgIpc) is 3.00. The molecule has 2 aliphatic heterocycles. The molecule has 0 spiro atoms. The van der Waals surface area contributed by atoms with Crippen molar-refractivity contribution in [2.24, 2.45) is 5.92 Å². The van der Waals surface area contributed by atoms with E-state index in [9.17, 15) is 14.7 Å². The Bertz CT molecular complexity index is 558. The second-order valence-electron chi connectivity index (χ2n) is 5.95. The maximum Gasteiger partial charge on any atom is 0.410 e. The van der Waals surface area contributed by atoms with Crippen molar-refractivity contribution in [2.45, 2.75) is 18.9 Å². The zero-order valence-electron chi connectivity index (χ0n) is 12.9. The Labute approximate surface area is 134 Å². The standard InChI is InChI=1S/C16H21N3O4/c20-14(11-19-9-10-23-16(19)22)18-7-4-12(5-8-18)15(21)13-3-1-2-6-17-13/h1-3,6,12,15,21H,4-5,7-11H2. The van der Waals surface area contributed by atoms with Crippen molar-refractivity contribution in [3.05, 3.63) is 30.1 Å². The van der Waals surface area contributed by atoms with Gasteiger partial charge >= 0.3 is 6.09 Å². The highest BCUT2D eigenvalue weighted by molar-refractivity contribution is 5.82. The molecular formula is C16H21N3O4. The number of cyclic esters (lactones) is 1. The van der Waals surface area contributed by atoms with Crippen LogP contribution in [0.1, 0.15) is 24.6 Å². The van der Waals surface area contributed by atoms with Gasteiger partial charge < -0.3 is 14.7 Å². The van der Waals surface area contributed by atoms with Crippen LogP contribution < -0.4 is 0 Å². The number of aliphatic hydroxyl groups excluding tert-OH is 1. The number of carbonyl (C=O) groups excluding carboxylic acids is 2. The van der Waals surface area contributed by atoms with E-state index in [2.05, 4.69) is 4.98 Å². The Morgan fingerprint density at radius 2 is 2.13 bits per heavy atom. The number of hydrogen-bond donors (Lipinski definition) is 1. The molecule has 124 valence electrons. The number of pyridine rings is 1. The molecule has 2 aliphatic rings. The Morgan fingerprint density at radius 1 is 1.35 bits per heavy atom. The summed E-state index contributed by atoms with van der Waals surface area (Å²) >= 11 is 0. The number of piperidine rings is 1. The highest BCUT2D eigenvalue weighted by Crippen LogP contribution is 2.29. The summed E-state index contributed by atoms with van der Waals surface area (Å²) in [5.74, 6) is 0.0420. The van der Waals surface area contributed by atoms with Crippen LogP contribution in [0.3, 0.4) is 0 Å². The number of hydrogen-bond acceptors (Lipinski definition) is 5. The molecule has 1 aromatic rings. The van der Waals surface area contributed by atoms with Gasteiger partial charge in [-0.15, -0.1) is 0 Å². The molecule has 7 nitrogen and oxygen atoms in total. The summed E-state index contributed by atoms with van der Waals surface area (Å²) in [6.07, 6.45) is 2.12. The molecule has 3 heterocycles. The summed E-state index contributed by atoms with van der Waals surface area (Å²) in [7, 11) is 0. The number of rotatable bonds is 4. The van der Waals surface area contributed by atoms with Gasteiger partial charge in [-0.25, -0.2) is 4.79 Å². The fourth-order valence-electron chi connectivity index (χ4n) is 3.09. The molecule has 0 bridgehead atoms. The lowest BCUT2D eigenvalue weighted by molar-refractivity contribution is -0.133. The monoisotopic (exact) mass is 319 g/mol. The fourth-order valence-corrected chi connectivity index (χ4v) is 3.09. The van der Waals surface area contributed by atoms with Crippen molar-refractivity contribution in [2.75, 3.05) is 32.8 Å². The molecule has 0 aliphatic carbocycles. The van der Waals surface area contributed by atoms with Crippen molar-refractivity contribution >= 4 is 12.0 Å². The molecule has 23 heavy (non-hydrogen) atoms. The topological polar surface area (TPSA) is 83.0 Å². The van der Waals surface area contributed by atoms with Gasteiger partial charge in [0.2, 0.25) is 5.91 Å². The van der Waals surface area contributed by atoms with Gasteiger partial charge in [-0.1, -0.05) is 6.07 Å². The van der Waals surface area contributed by atoms with Crippen LogP contribution in [0.15, 0.2) is 24.4 Å². The second-order valence-corrected chi connectivity index (χ2v) is 5.95. The fraction of sp³-hybridized carbons (Fsp3) is 0.562. The molecule has 0 saturated carbocycles. The Hall–Kier alpha value is -2.15. The lowest BCUT2D eigenvalue weighted by Crippen LogP contribution is -2.45. The van der Waals surface area contributed by atoms with Crippen LogP contribution in [0.2, 0.25) is 0 Å². The number of aliphatic hydroxyl groups is 1. The lowest BCUT2D eigenvalue weighted by atomic mass is 9.89. The van der Waals surface area contributed by atoms with Gasteiger partial charge in [0.1, 0.15) is 13.2 Å².